The van der Waals surface area contributed by atoms with Crippen LogP contribution in [0, 0.1) is 0 Å². The van der Waals surface area contributed by atoms with E-state index in [1.54, 1.807) is 13.2 Å². The molecule has 3 heterocycles. The van der Waals surface area contributed by atoms with Crippen molar-refractivity contribution < 1.29 is 14.3 Å². The lowest BCUT2D eigenvalue weighted by Crippen LogP contribution is -2.14. The van der Waals surface area contributed by atoms with E-state index in [1.165, 1.54) is 11.3 Å². The van der Waals surface area contributed by atoms with Crippen LogP contribution < -0.4 is 10.1 Å². The lowest BCUT2D eigenvalue weighted by molar-refractivity contribution is 0.0845. The van der Waals surface area contributed by atoms with Crippen molar-refractivity contribution in [3.8, 4) is 5.75 Å². The minimum absolute atomic E-state index is 0.202. The van der Waals surface area contributed by atoms with Gasteiger partial charge in [-0.1, -0.05) is 0 Å². The van der Waals surface area contributed by atoms with Crippen molar-refractivity contribution in [2.45, 2.75) is 18.8 Å². The average Bonchev–Trinajstić information content (AvgIpc) is 3.16. The van der Waals surface area contributed by atoms with E-state index in [0.717, 1.165) is 31.7 Å². The van der Waals surface area contributed by atoms with Crippen molar-refractivity contribution in [2.24, 2.45) is 0 Å². The zero-order valence-electron chi connectivity index (χ0n) is 11.7. The third-order valence-corrected chi connectivity index (χ3v) is 4.45. The summed E-state index contributed by atoms with van der Waals surface area (Å²) in [6.45, 7) is 1.55. The third-order valence-electron chi connectivity index (χ3n) is 3.56. The fourth-order valence-electron chi connectivity index (χ4n) is 2.42. The van der Waals surface area contributed by atoms with Crippen molar-refractivity contribution in [3.05, 3.63) is 28.1 Å². The Morgan fingerprint density at radius 1 is 1.52 bits per heavy atom. The maximum Gasteiger partial charge on any atom is 0.270 e. The number of carbonyl (C=O) groups is 1. The standard InChI is InChI=1S/C14H17N3O3S/c1-19-11-4-7-21-13(11)14(18)15-12-8-10(16-17-12)9-2-5-20-6-3-9/h4,7-9H,2-3,5-6H2,1H3,(H2,15,16,17,18). The Bertz CT molecular complexity index is 617. The molecule has 2 N–H and O–H groups in total. The number of rotatable bonds is 4. The first-order valence-corrected chi connectivity index (χ1v) is 7.72. The SMILES string of the molecule is COc1ccsc1C(=O)Nc1cc(C2CCOCC2)[nH]n1. The molecule has 112 valence electrons. The molecule has 2 aromatic heterocycles. The van der Waals surface area contributed by atoms with Gasteiger partial charge in [0, 0.05) is 30.9 Å². The predicted octanol–water partition coefficient (Wildman–Crippen LogP) is 2.63. The molecule has 0 aromatic carbocycles. The molecule has 7 heteroatoms. The quantitative estimate of drug-likeness (QED) is 0.910. The molecule has 1 saturated heterocycles. The monoisotopic (exact) mass is 307 g/mol. The maximum absolute atomic E-state index is 12.2. The molecule has 1 aliphatic rings. The zero-order chi connectivity index (χ0) is 14.7. The Kier molecular flexibility index (Phi) is 4.21. The van der Waals surface area contributed by atoms with Crippen LogP contribution in [0.25, 0.3) is 0 Å². The van der Waals surface area contributed by atoms with Gasteiger partial charge in [-0.3, -0.25) is 9.89 Å². The lowest BCUT2D eigenvalue weighted by Gasteiger charge is -2.20. The first-order valence-electron chi connectivity index (χ1n) is 6.84. The fourth-order valence-corrected chi connectivity index (χ4v) is 3.17. The number of amides is 1. The zero-order valence-corrected chi connectivity index (χ0v) is 12.5. The van der Waals surface area contributed by atoms with Gasteiger partial charge in [0.15, 0.2) is 5.82 Å². The van der Waals surface area contributed by atoms with Crippen molar-refractivity contribution in [1.29, 1.82) is 0 Å². The number of anilines is 1. The smallest absolute Gasteiger partial charge is 0.270 e. The van der Waals surface area contributed by atoms with Crippen LogP contribution in [0.15, 0.2) is 17.5 Å². The summed E-state index contributed by atoms with van der Waals surface area (Å²) in [6, 6.07) is 3.67. The normalized spacial score (nSPS) is 15.9. The highest BCUT2D eigenvalue weighted by Gasteiger charge is 2.20. The Morgan fingerprint density at radius 3 is 3.10 bits per heavy atom. The molecule has 0 aliphatic carbocycles. The van der Waals surface area contributed by atoms with Gasteiger partial charge in [0.05, 0.1) is 7.11 Å². The van der Waals surface area contributed by atoms with Gasteiger partial charge in [-0.15, -0.1) is 11.3 Å². The molecule has 0 atom stereocenters. The largest absolute Gasteiger partial charge is 0.495 e. The molecule has 1 fully saturated rings. The van der Waals surface area contributed by atoms with E-state index in [-0.39, 0.29) is 5.91 Å². The van der Waals surface area contributed by atoms with Crippen LogP contribution in [0.1, 0.15) is 34.1 Å². The van der Waals surface area contributed by atoms with E-state index < -0.39 is 0 Å². The van der Waals surface area contributed by atoms with Gasteiger partial charge < -0.3 is 14.8 Å². The van der Waals surface area contributed by atoms with Crippen molar-refractivity contribution in [2.75, 3.05) is 25.6 Å². The Labute approximate surface area is 126 Å². The highest BCUT2D eigenvalue weighted by Crippen LogP contribution is 2.28. The highest BCUT2D eigenvalue weighted by molar-refractivity contribution is 7.12. The van der Waals surface area contributed by atoms with E-state index in [1.807, 2.05) is 11.4 Å². The number of hydrogen-bond donors (Lipinski definition) is 2. The minimum atomic E-state index is -0.202. The van der Waals surface area contributed by atoms with Crippen molar-refractivity contribution >= 4 is 23.1 Å². The number of nitrogens with zero attached hydrogens (tertiary/aromatic N) is 1. The molecule has 0 radical (unpaired) electrons. The first kappa shape index (κ1) is 14.1. The van der Waals surface area contributed by atoms with Gasteiger partial charge in [0.25, 0.3) is 5.91 Å². The van der Waals surface area contributed by atoms with E-state index in [9.17, 15) is 4.79 Å². The second-order valence-corrected chi connectivity index (χ2v) is 5.78. The number of H-pyrrole nitrogens is 1. The second kappa shape index (κ2) is 6.28. The molecule has 2 aromatic rings. The molecule has 0 unspecified atom stereocenters. The number of methoxy groups -OCH3 is 1. The average molecular weight is 307 g/mol. The van der Waals surface area contributed by atoms with Crippen LogP contribution in [-0.2, 0) is 4.74 Å². The Balaban J connectivity index is 1.68. The van der Waals surface area contributed by atoms with Gasteiger partial charge in [-0.2, -0.15) is 5.10 Å². The van der Waals surface area contributed by atoms with Crippen molar-refractivity contribution in [3.63, 3.8) is 0 Å². The topological polar surface area (TPSA) is 76.2 Å². The summed E-state index contributed by atoms with van der Waals surface area (Å²) in [5.41, 5.74) is 1.05. The number of carbonyl (C=O) groups excluding carboxylic acids is 1. The Morgan fingerprint density at radius 2 is 2.33 bits per heavy atom. The lowest BCUT2D eigenvalue weighted by atomic mass is 9.97. The summed E-state index contributed by atoms with van der Waals surface area (Å²) < 4.78 is 10.5. The van der Waals surface area contributed by atoms with Gasteiger partial charge in [-0.05, 0) is 24.3 Å². The fraction of sp³-hybridized carbons (Fsp3) is 0.429. The molecule has 6 nitrogen and oxygen atoms in total. The molecule has 0 bridgehead atoms. The Hall–Kier alpha value is -1.86. The van der Waals surface area contributed by atoms with Crippen LogP contribution >= 0.6 is 11.3 Å². The summed E-state index contributed by atoms with van der Waals surface area (Å²) in [5, 5.41) is 11.8. The van der Waals surface area contributed by atoms with E-state index in [0.29, 0.717) is 22.4 Å². The van der Waals surface area contributed by atoms with Gasteiger partial charge in [0.2, 0.25) is 0 Å². The highest BCUT2D eigenvalue weighted by atomic mass is 32.1. The number of ether oxygens (including phenoxy) is 2. The van der Waals surface area contributed by atoms with Crippen molar-refractivity contribution in [1.82, 2.24) is 10.2 Å². The molecule has 1 aliphatic heterocycles. The second-order valence-electron chi connectivity index (χ2n) is 4.87. The minimum Gasteiger partial charge on any atom is -0.495 e. The number of aromatic amines is 1. The summed E-state index contributed by atoms with van der Waals surface area (Å²) in [6.07, 6.45) is 1.96. The molecule has 21 heavy (non-hydrogen) atoms. The molecule has 3 rings (SSSR count). The van der Waals surface area contributed by atoms with Crippen LogP contribution in [0.2, 0.25) is 0 Å². The first-order chi connectivity index (χ1) is 10.3. The van der Waals surface area contributed by atoms with Crippen LogP contribution in [0.3, 0.4) is 0 Å². The third kappa shape index (κ3) is 3.08. The molecule has 1 amide bonds. The predicted molar refractivity (Wildman–Crippen MR) is 80.2 cm³/mol. The van der Waals surface area contributed by atoms with Crippen LogP contribution in [0.4, 0.5) is 5.82 Å². The van der Waals surface area contributed by atoms with Crippen LogP contribution in [0.5, 0.6) is 5.75 Å². The molecule has 0 saturated carbocycles. The van der Waals surface area contributed by atoms with E-state index >= 15 is 0 Å². The number of hydrogen-bond acceptors (Lipinski definition) is 5. The summed E-state index contributed by atoms with van der Waals surface area (Å²) in [7, 11) is 1.55. The van der Waals surface area contributed by atoms with E-state index in [2.05, 4.69) is 15.5 Å². The number of thiophene rings is 1. The van der Waals surface area contributed by atoms with Gasteiger partial charge in [-0.25, -0.2) is 0 Å². The number of nitrogens with one attached hydrogen (secondary N) is 2. The number of aromatic nitrogens is 2. The summed E-state index contributed by atoms with van der Waals surface area (Å²) in [5.74, 6) is 1.34. The van der Waals surface area contributed by atoms with E-state index in [4.69, 9.17) is 9.47 Å². The van der Waals surface area contributed by atoms with Gasteiger partial charge >= 0.3 is 0 Å². The molecule has 0 spiro atoms. The summed E-state index contributed by atoms with van der Waals surface area (Å²) >= 11 is 1.34. The van der Waals surface area contributed by atoms with Crippen LogP contribution in [-0.4, -0.2) is 36.4 Å². The molecular formula is C14H17N3O3S. The summed E-state index contributed by atoms with van der Waals surface area (Å²) in [4.78, 5) is 12.7. The maximum atomic E-state index is 12.2. The van der Waals surface area contributed by atoms with Gasteiger partial charge in [0.1, 0.15) is 10.6 Å². The molecular weight excluding hydrogens is 290 g/mol.